The first kappa shape index (κ1) is 29.3. The zero-order valence-corrected chi connectivity index (χ0v) is 25.5. The van der Waals surface area contributed by atoms with Crippen LogP contribution in [0.1, 0.15) is 66.7 Å². The fourth-order valence-electron chi connectivity index (χ4n) is 5.80. The lowest BCUT2D eigenvalue weighted by Gasteiger charge is -2.30. The van der Waals surface area contributed by atoms with Gasteiger partial charge >= 0.3 is 6.03 Å². The molecule has 3 heterocycles. The van der Waals surface area contributed by atoms with Gasteiger partial charge in [-0.25, -0.2) is 9.48 Å². The minimum absolute atomic E-state index is 0.0418. The highest BCUT2D eigenvalue weighted by atomic mass is 16.2. The summed E-state index contributed by atoms with van der Waals surface area (Å²) in [4.78, 5) is 27.4. The van der Waals surface area contributed by atoms with Crippen LogP contribution in [0, 0.1) is 12.8 Å². The van der Waals surface area contributed by atoms with Crippen molar-refractivity contribution in [3.8, 4) is 5.69 Å². The third kappa shape index (κ3) is 6.26. The van der Waals surface area contributed by atoms with Gasteiger partial charge in [0.1, 0.15) is 16.9 Å². The summed E-state index contributed by atoms with van der Waals surface area (Å²) in [6.07, 6.45) is 1.78. The number of hydrogen-bond donors (Lipinski definition) is 4. The first-order valence-corrected chi connectivity index (χ1v) is 15.1. The maximum absolute atomic E-state index is 14.1. The number of Topliss-reactive ketones (excluding diaryl/α,β-unsaturated/α-hetero) is 1. The first-order chi connectivity index (χ1) is 21.2. The number of piperidine rings is 1. The van der Waals surface area contributed by atoms with E-state index >= 15 is 0 Å². The van der Waals surface area contributed by atoms with Gasteiger partial charge in [-0.15, -0.1) is 0 Å². The number of anilines is 2. The van der Waals surface area contributed by atoms with Gasteiger partial charge in [0, 0.05) is 22.7 Å². The van der Waals surface area contributed by atoms with Crippen molar-refractivity contribution < 1.29 is 9.59 Å². The Labute approximate surface area is 256 Å². The van der Waals surface area contributed by atoms with Gasteiger partial charge < -0.3 is 10.6 Å². The van der Waals surface area contributed by atoms with E-state index in [2.05, 4.69) is 52.1 Å². The second kappa shape index (κ2) is 12.0. The van der Waals surface area contributed by atoms with E-state index in [1.54, 1.807) is 10.7 Å². The number of aromatic amines is 1. The van der Waals surface area contributed by atoms with Gasteiger partial charge in [-0.2, -0.15) is 20.5 Å². The van der Waals surface area contributed by atoms with Crippen LogP contribution in [0.5, 0.6) is 0 Å². The molecule has 0 saturated carbocycles. The minimum atomic E-state index is -0.392. The summed E-state index contributed by atoms with van der Waals surface area (Å²) in [5.41, 5.74) is 6.12. The third-order valence-electron chi connectivity index (χ3n) is 8.24. The molecule has 1 unspecified atom stereocenters. The number of aryl methyl sites for hydroxylation is 1. The van der Waals surface area contributed by atoms with Crippen molar-refractivity contribution >= 4 is 34.4 Å². The van der Waals surface area contributed by atoms with E-state index in [0.717, 1.165) is 54.0 Å². The molecule has 10 nitrogen and oxygen atoms in total. The van der Waals surface area contributed by atoms with Gasteiger partial charge in [-0.05, 0) is 86.8 Å². The largest absolute Gasteiger partial charge is 0.324 e. The Morgan fingerprint density at radius 2 is 1.66 bits per heavy atom. The smallest absolute Gasteiger partial charge is 0.317 e. The molecule has 4 N–H and O–H groups in total. The van der Waals surface area contributed by atoms with Crippen molar-refractivity contribution in [2.24, 2.45) is 5.92 Å². The standard InChI is InChI=1S/C34H38N8O2/c1-21-8-11-26(12-9-21)42-30(20-29(40-42)34(2,3)4)37-33(44)36-25-7-5-6-23(18-25)31(22-14-16-35-17-15-22)32(43)24-10-13-27-28(19-24)39-41-38-27/h5-13,18-20,22,31,35H,14-17H2,1-4H3,(H2,36,37,44)(H,38,39,41). The van der Waals surface area contributed by atoms with Crippen molar-refractivity contribution in [2.75, 3.05) is 23.7 Å². The summed E-state index contributed by atoms with van der Waals surface area (Å²) < 4.78 is 1.76. The second-order valence-corrected chi connectivity index (χ2v) is 12.6. The van der Waals surface area contributed by atoms with E-state index in [1.807, 2.05) is 73.7 Å². The Hall–Kier alpha value is -4.83. The van der Waals surface area contributed by atoms with E-state index in [1.165, 1.54) is 0 Å². The molecule has 5 aromatic rings. The highest BCUT2D eigenvalue weighted by molar-refractivity contribution is 6.04. The minimum Gasteiger partial charge on any atom is -0.317 e. The lowest BCUT2D eigenvalue weighted by atomic mass is 9.76. The SMILES string of the molecule is Cc1ccc(-n2nc(C(C)(C)C)cc2NC(=O)Nc2cccc(C(C(=O)c3ccc4n[nH]nc4c3)C3CCNCC3)c2)cc1. The predicted molar refractivity (Wildman–Crippen MR) is 173 cm³/mol. The average Bonchev–Trinajstić information content (AvgIpc) is 3.65. The Morgan fingerprint density at radius 3 is 2.41 bits per heavy atom. The molecule has 226 valence electrons. The van der Waals surface area contributed by atoms with Gasteiger partial charge in [-0.3, -0.25) is 10.1 Å². The van der Waals surface area contributed by atoms with Crippen LogP contribution in [0.15, 0.2) is 72.8 Å². The quantitative estimate of drug-likeness (QED) is 0.163. The molecule has 1 aliphatic rings. The normalized spacial score (nSPS) is 14.8. The third-order valence-corrected chi connectivity index (χ3v) is 8.24. The summed E-state index contributed by atoms with van der Waals surface area (Å²) in [6.45, 7) is 10.0. The monoisotopic (exact) mass is 590 g/mol. The molecular weight excluding hydrogens is 552 g/mol. The highest BCUT2D eigenvalue weighted by Gasteiger charge is 2.32. The van der Waals surface area contributed by atoms with Crippen molar-refractivity contribution in [1.82, 2.24) is 30.5 Å². The van der Waals surface area contributed by atoms with Gasteiger partial charge in [0.15, 0.2) is 5.78 Å². The van der Waals surface area contributed by atoms with Crippen LogP contribution in [-0.4, -0.2) is 50.1 Å². The topological polar surface area (TPSA) is 130 Å². The molecule has 1 fully saturated rings. The van der Waals surface area contributed by atoms with Crippen LogP contribution in [-0.2, 0) is 5.41 Å². The van der Waals surface area contributed by atoms with Crippen LogP contribution in [0.25, 0.3) is 16.7 Å². The second-order valence-electron chi connectivity index (χ2n) is 12.6. The molecule has 0 radical (unpaired) electrons. The van der Waals surface area contributed by atoms with Crippen molar-refractivity contribution in [3.05, 3.63) is 95.2 Å². The molecule has 0 bridgehead atoms. The van der Waals surface area contributed by atoms with Crippen LogP contribution >= 0.6 is 0 Å². The fourth-order valence-corrected chi connectivity index (χ4v) is 5.80. The zero-order valence-electron chi connectivity index (χ0n) is 25.5. The summed E-state index contributed by atoms with van der Waals surface area (Å²) in [5, 5.41) is 25.1. The first-order valence-electron chi connectivity index (χ1n) is 15.1. The van der Waals surface area contributed by atoms with Gasteiger partial charge in [0.2, 0.25) is 0 Å². The van der Waals surface area contributed by atoms with Gasteiger partial charge in [0.05, 0.1) is 17.3 Å². The molecule has 6 rings (SSSR count). The number of nitrogens with one attached hydrogen (secondary N) is 4. The molecule has 3 aromatic carbocycles. The number of ketones is 1. The lowest BCUT2D eigenvalue weighted by molar-refractivity contribution is 0.0916. The molecule has 2 amide bonds. The van der Waals surface area contributed by atoms with Crippen LogP contribution in [0.4, 0.5) is 16.3 Å². The van der Waals surface area contributed by atoms with E-state index < -0.39 is 6.03 Å². The summed E-state index contributed by atoms with van der Waals surface area (Å²) >= 11 is 0. The summed E-state index contributed by atoms with van der Waals surface area (Å²) in [6, 6.07) is 22.6. The van der Waals surface area contributed by atoms with E-state index in [4.69, 9.17) is 5.10 Å². The van der Waals surface area contributed by atoms with E-state index in [-0.39, 0.29) is 23.0 Å². The molecule has 2 aromatic heterocycles. The van der Waals surface area contributed by atoms with E-state index in [0.29, 0.717) is 22.6 Å². The number of H-pyrrole nitrogens is 1. The highest BCUT2D eigenvalue weighted by Crippen LogP contribution is 2.36. The summed E-state index contributed by atoms with van der Waals surface area (Å²) in [5.74, 6) is 0.419. The maximum atomic E-state index is 14.1. The van der Waals surface area contributed by atoms with E-state index in [9.17, 15) is 9.59 Å². The maximum Gasteiger partial charge on any atom is 0.324 e. The molecule has 0 spiro atoms. The lowest BCUT2D eigenvalue weighted by Crippen LogP contribution is -2.33. The Morgan fingerprint density at radius 1 is 0.909 bits per heavy atom. The number of rotatable bonds is 7. The van der Waals surface area contributed by atoms with Crippen LogP contribution in [0.3, 0.4) is 0 Å². The van der Waals surface area contributed by atoms with Crippen LogP contribution < -0.4 is 16.0 Å². The number of fused-ring (bicyclic) bond motifs is 1. The van der Waals surface area contributed by atoms with Crippen molar-refractivity contribution in [1.29, 1.82) is 0 Å². The molecule has 1 saturated heterocycles. The number of carbonyl (C=O) groups excluding carboxylic acids is 2. The van der Waals surface area contributed by atoms with Crippen molar-refractivity contribution in [2.45, 2.75) is 51.9 Å². The molecule has 10 heteroatoms. The van der Waals surface area contributed by atoms with Gasteiger partial charge in [0.25, 0.3) is 0 Å². The number of benzene rings is 3. The number of carbonyl (C=O) groups is 2. The molecular formula is C34H38N8O2. The van der Waals surface area contributed by atoms with Crippen LogP contribution in [0.2, 0.25) is 0 Å². The number of amides is 2. The predicted octanol–water partition coefficient (Wildman–Crippen LogP) is 6.36. The van der Waals surface area contributed by atoms with Gasteiger partial charge in [-0.1, -0.05) is 50.6 Å². The fraction of sp³-hybridized carbons (Fsp3) is 0.324. The average molecular weight is 591 g/mol. The Balaban J connectivity index is 1.26. The molecule has 1 aliphatic heterocycles. The number of aromatic nitrogens is 5. The Kier molecular flexibility index (Phi) is 8.01. The molecule has 44 heavy (non-hydrogen) atoms. The number of nitrogens with zero attached hydrogens (tertiary/aromatic N) is 4. The Bertz CT molecular complexity index is 1790. The molecule has 1 atom stereocenters. The summed E-state index contributed by atoms with van der Waals surface area (Å²) in [7, 11) is 0. The number of hydrogen-bond acceptors (Lipinski definition) is 6. The number of urea groups is 1. The molecule has 0 aliphatic carbocycles. The van der Waals surface area contributed by atoms with Crippen molar-refractivity contribution in [3.63, 3.8) is 0 Å². The zero-order chi connectivity index (χ0) is 30.8.